The summed E-state index contributed by atoms with van der Waals surface area (Å²) in [5.74, 6) is -2.46. The van der Waals surface area contributed by atoms with E-state index in [0.29, 0.717) is 11.4 Å². The summed E-state index contributed by atoms with van der Waals surface area (Å²) in [6.07, 6.45) is 3.76. The van der Waals surface area contributed by atoms with Crippen LogP contribution >= 0.6 is 0 Å². The van der Waals surface area contributed by atoms with Crippen LogP contribution in [-0.2, 0) is 14.4 Å². The van der Waals surface area contributed by atoms with Gasteiger partial charge in [0.1, 0.15) is 17.5 Å². The number of hydrogen-bond donors (Lipinski definition) is 1. The molecular weight excluding hydrogens is 516 g/mol. The minimum Gasteiger partial charge on any atom is -0.497 e. The molecule has 0 spiro atoms. The largest absolute Gasteiger partial charge is 0.497 e. The van der Waals surface area contributed by atoms with Crippen molar-refractivity contribution in [1.29, 1.82) is 0 Å². The molecule has 202 valence electrons. The van der Waals surface area contributed by atoms with E-state index in [-0.39, 0.29) is 17.1 Å². The third kappa shape index (κ3) is 3.77. The molecule has 3 heterocycles. The summed E-state index contributed by atoms with van der Waals surface area (Å²) in [6.45, 7) is 0. The third-order valence-corrected chi connectivity index (χ3v) is 7.66. The van der Waals surface area contributed by atoms with Crippen molar-refractivity contribution in [1.82, 2.24) is 0 Å². The highest BCUT2D eigenvalue weighted by Gasteiger charge is 2.64. The molecule has 0 saturated carbocycles. The number of rotatable bonds is 6. The molecule has 0 aliphatic carbocycles. The summed E-state index contributed by atoms with van der Waals surface area (Å²) in [5, 5.41) is 13.9. The predicted octanol–water partition coefficient (Wildman–Crippen LogP) is 3.64. The van der Waals surface area contributed by atoms with Crippen molar-refractivity contribution in [2.75, 3.05) is 29.3 Å². The van der Waals surface area contributed by atoms with Crippen LogP contribution in [-0.4, -0.2) is 48.9 Å². The molecule has 2 saturated heterocycles. The lowest BCUT2D eigenvalue weighted by Gasteiger charge is -2.36. The van der Waals surface area contributed by atoms with E-state index in [9.17, 15) is 24.5 Å². The van der Waals surface area contributed by atoms with Crippen molar-refractivity contribution in [3.63, 3.8) is 0 Å². The van der Waals surface area contributed by atoms with Crippen LogP contribution in [0.5, 0.6) is 11.5 Å². The van der Waals surface area contributed by atoms with Crippen molar-refractivity contribution >= 4 is 46.5 Å². The van der Waals surface area contributed by atoms with Crippen LogP contribution in [0.1, 0.15) is 5.56 Å². The van der Waals surface area contributed by atoms with Gasteiger partial charge in [0, 0.05) is 29.6 Å². The standard InChI is InChI=1S/C29H24N4O7/c1-39-19-12-14-21(23(15-19)40-2)32-28(35)24-22-13-7-16-5-3-4-6-20(16)31(22)26(25(24)29(32)36)27(34)30-17-8-10-18(11-9-17)33(37)38/h3-15,22,24-26H,1-2H3,(H,30,34)/t22-,24+,25+,26-/m1/s1. The Kier molecular flexibility index (Phi) is 5.98. The number of methoxy groups -OCH3 is 2. The van der Waals surface area contributed by atoms with Gasteiger partial charge in [-0.25, -0.2) is 4.90 Å². The van der Waals surface area contributed by atoms with Gasteiger partial charge < -0.3 is 19.7 Å². The Morgan fingerprint density at radius 2 is 1.65 bits per heavy atom. The second-order valence-corrected chi connectivity index (χ2v) is 9.66. The number of imide groups is 1. The zero-order valence-corrected chi connectivity index (χ0v) is 21.5. The number of anilines is 3. The molecule has 6 rings (SSSR count). The summed E-state index contributed by atoms with van der Waals surface area (Å²) in [5.41, 5.74) is 2.09. The molecule has 11 heteroatoms. The van der Waals surface area contributed by atoms with Gasteiger partial charge in [-0.2, -0.15) is 0 Å². The highest BCUT2D eigenvalue weighted by molar-refractivity contribution is 6.25. The predicted molar refractivity (Wildman–Crippen MR) is 146 cm³/mol. The maximum absolute atomic E-state index is 14.1. The van der Waals surface area contributed by atoms with Gasteiger partial charge in [0.2, 0.25) is 17.7 Å². The van der Waals surface area contributed by atoms with Crippen LogP contribution < -0.4 is 24.6 Å². The molecule has 0 bridgehead atoms. The number of amides is 3. The summed E-state index contributed by atoms with van der Waals surface area (Å²) in [7, 11) is 2.94. The van der Waals surface area contributed by atoms with Gasteiger partial charge in [-0.1, -0.05) is 30.4 Å². The van der Waals surface area contributed by atoms with Gasteiger partial charge in [0.15, 0.2) is 0 Å². The second kappa shape index (κ2) is 9.53. The quantitative estimate of drug-likeness (QED) is 0.285. The molecule has 0 aromatic heterocycles. The maximum atomic E-state index is 14.1. The van der Waals surface area contributed by atoms with E-state index in [4.69, 9.17) is 9.47 Å². The Balaban J connectivity index is 1.42. The molecule has 1 N–H and O–H groups in total. The Morgan fingerprint density at radius 1 is 0.925 bits per heavy atom. The number of non-ortho nitro benzene ring substituents is 1. The maximum Gasteiger partial charge on any atom is 0.269 e. The van der Waals surface area contributed by atoms with Crippen molar-refractivity contribution < 1.29 is 28.8 Å². The highest BCUT2D eigenvalue weighted by Crippen LogP contribution is 2.50. The van der Waals surface area contributed by atoms with E-state index in [1.54, 1.807) is 18.2 Å². The average Bonchev–Trinajstić information content (AvgIpc) is 3.45. The lowest BCUT2D eigenvalue weighted by molar-refractivity contribution is -0.384. The van der Waals surface area contributed by atoms with Gasteiger partial charge in [-0.05, 0) is 35.9 Å². The first-order valence-electron chi connectivity index (χ1n) is 12.5. The molecule has 0 radical (unpaired) electrons. The van der Waals surface area contributed by atoms with Crippen LogP contribution in [0, 0.1) is 22.0 Å². The summed E-state index contributed by atoms with van der Waals surface area (Å²) >= 11 is 0. The van der Waals surface area contributed by atoms with Gasteiger partial charge in [-0.15, -0.1) is 0 Å². The number of nitrogens with one attached hydrogen (secondary N) is 1. The summed E-state index contributed by atoms with van der Waals surface area (Å²) in [6, 6.07) is 16.2. The van der Waals surface area contributed by atoms with Gasteiger partial charge in [-0.3, -0.25) is 24.5 Å². The number of para-hydroxylation sites is 1. The molecule has 4 atom stereocenters. The topological polar surface area (TPSA) is 131 Å². The Morgan fingerprint density at radius 3 is 2.35 bits per heavy atom. The van der Waals surface area contributed by atoms with Crippen LogP contribution in [0.15, 0.2) is 72.8 Å². The summed E-state index contributed by atoms with van der Waals surface area (Å²) < 4.78 is 10.7. The minimum atomic E-state index is -1.03. The van der Waals surface area contributed by atoms with Gasteiger partial charge in [0.05, 0.1) is 42.7 Å². The van der Waals surface area contributed by atoms with Crippen molar-refractivity contribution in [2.24, 2.45) is 11.8 Å². The molecule has 0 unspecified atom stereocenters. The fourth-order valence-corrected chi connectivity index (χ4v) is 5.90. The fourth-order valence-electron chi connectivity index (χ4n) is 5.90. The number of fused-ring (bicyclic) bond motifs is 5. The zero-order valence-electron chi connectivity index (χ0n) is 21.5. The number of carbonyl (C=O) groups excluding carboxylic acids is 3. The molecule has 3 aliphatic heterocycles. The average molecular weight is 541 g/mol. The molecular formula is C29H24N4O7. The zero-order chi connectivity index (χ0) is 28.1. The molecule has 3 amide bonds. The normalized spacial score (nSPS) is 22.4. The van der Waals surface area contributed by atoms with Crippen molar-refractivity contribution in [2.45, 2.75) is 12.1 Å². The minimum absolute atomic E-state index is 0.116. The number of hydrogen-bond acceptors (Lipinski definition) is 8. The number of carbonyl (C=O) groups is 3. The fraction of sp³-hybridized carbons (Fsp3) is 0.207. The van der Waals surface area contributed by atoms with Crippen LogP contribution in [0.4, 0.5) is 22.7 Å². The van der Waals surface area contributed by atoms with Crippen LogP contribution in [0.2, 0.25) is 0 Å². The molecule has 2 fully saturated rings. The first-order valence-corrected chi connectivity index (χ1v) is 12.5. The number of nitrogens with zero attached hydrogens (tertiary/aromatic N) is 3. The molecule has 3 aromatic rings. The van der Waals surface area contributed by atoms with Gasteiger partial charge in [0.25, 0.3) is 5.69 Å². The lowest BCUT2D eigenvalue weighted by Crippen LogP contribution is -2.50. The van der Waals surface area contributed by atoms with Crippen molar-refractivity contribution in [3.05, 3.63) is 88.5 Å². The first-order chi connectivity index (χ1) is 19.3. The van der Waals surface area contributed by atoms with Crippen LogP contribution in [0.25, 0.3) is 6.08 Å². The smallest absolute Gasteiger partial charge is 0.269 e. The Bertz CT molecular complexity index is 1590. The van der Waals surface area contributed by atoms with E-state index < -0.39 is 46.6 Å². The van der Waals surface area contributed by atoms with E-state index >= 15 is 0 Å². The lowest BCUT2D eigenvalue weighted by atomic mass is 9.88. The highest BCUT2D eigenvalue weighted by atomic mass is 16.6. The Labute approximate surface area is 228 Å². The Hall–Kier alpha value is -5.19. The first kappa shape index (κ1) is 25.1. The van der Waals surface area contributed by atoms with Crippen LogP contribution in [0.3, 0.4) is 0 Å². The molecule has 3 aliphatic rings. The molecule has 40 heavy (non-hydrogen) atoms. The summed E-state index contributed by atoms with van der Waals surface area (Å²) in [4.78, 5) is 55.4. The number of nitro groups is 1. The third-order valence-electron chi connectivity index (χ3n) is 7.66. The number of nitro benzene ring substituents is 1. The van der Waals surface area contributed by atoms with Crippen molar-refractivity contribution in [3.8, 4) is 11.5 Å². The SMILES string of the molecule is COc1ccc(N2C(=O)[C@@H]3[C@H](C2=O)[C@H](C(=O)Nc2ccc([N+](=O)[O-])cc2)N2c4ccccc4C=C[C@H]32)c(OC)c1. The number of ether oxygens (including phenoxy) is 2. The molecule has 3 aromatic carbocycles. The van der Waals surface area contributed by atoms with E-state index in [1.165, 1.54) is 38.5 Å². The van der Waals surface area contributed by atoms with Gasteiger partial charge >= 0.3 is 0 Å². The second-order valence-electron chi connectivity index (χ2n) is 9.66. The van der Waals surface area contributed by atoms with E-state index in [1.807, 2.05) is 41.3 Å². The monoisotopic (exact) mass is 540 g/mol. The van der Waals surface area contributed by atoms with E-state index in [0.717, 1.165) is 16.2 Å². The van der Waals surface area contributed by atoms with E-state index in [2.05, 4.69) is 5.32 Å². The number of benzene rings is 3. The molecule has 11 nitrogen and oxygen atoms in total.